The van der Waals surface area contributed by atoms with Gasteiger partial charge in [-0.1, -0.05) is 82.7 Å². The molecule has 0 bridgehead atoms. The maximum absolute atomic E-state index is 13.0. The normalized spacial score (nSPS) is 13.3. The first kappa shape index (κ1) is 14.2. The summed E-state index contributed by atoms with van der Waals surface area (Å²) < 4.78 is 1.01. The van der Waals surface area contributed by atoms with Crippen molar-refractivity contribution in [2.24, 2.45) is 0 Å². The number of hydrogen-bond acceptors (Lipinski definition) is 1. The SMILES string of the molecule is O=C1C(c2ccccc2)=C(c2cccc(Br)c2)c2ccccc21. The highest BCUT2D eigenvalue weighted by Gasteiger charge is 2.30. The summed E-state index contributed by atoms with van der Waals surface area (Å²) in [4.78, 5) is 13.0. The highest BCUT2D eigenvalue weighted by Crippen LogP contribution is 2.42. The third-order valence-electron chi connectivity index (χ3n) is 4.09. The van der Waals surface area contributed by atoms with Crippen molar-refractivity contribution in [3.05, 3.63) is 106 Å². The van der Waals surface area contributed by atoms with Gasteiger partial charge in [-0.3, -0.25) is 4.79 Å². The first-order chi connectivity index (χ1) is 11.3. The number of benzene rings is 3. The Bertz CT molecular complexity index is 939. The van der Waals surface area contributed by atoms with Crippen molar-refractivity contribution < 1.29 is 4.79 Å². The Kier molecular flexibility index (Phi) is 3.47. The fourth-order valence-corrected chi connectivity index (χ4v) is 3.51. The van der Waals surface area contributed by atoms with Crippen LogP contribution in [0.5, 0.6) is 0 Å². The van der Waals surface area contributed by atoms with Crippen molar-refractivity contribution >= 4 is 32.9 Å². The summed E-state index contributed by atoms with van der Waals surface area (Å²) >= 11 is 3.53. The molecular weight excluding hydrogens is 348 g/mol. The summed E-state index contributed by atoms with van der Waals surface area (Å²) in [6.45, 7) is 0. The minimum Gasteiger partial charge on any atom is -0.289 e. The van der Waals surface area contributed by atoms with Crippen molar-refractivity contribution in [1.82, 2.24) is 0 Å². The van der Waals surface area contributed by atoms with Gasteiger partial charge in [-0.15, -0.1) is 0 Å². The number of rotatable bonds is 2. The van der Waals surface area contributed by atoms with E-state index in [4.69, 9.17) is 0 Å². The predicted molar refractivity (Wildman–Crippen MR) is 97.3 cm³/mol. The van der Waals surface area contributed by atoms with Gasteiger partial charge >= 0.3 is 0 Å². The van der Waals surface area contributed by atoms with E-state index in [-0.39, 0.29) is 5.78 Å². The molecule has 0 saturated carbocycles. The number of carbonyl (C=O) groups is 1. The second-order valence-electron chi connectivity index (χ2n) is 5.50. The minimum absolute atomic E-state index is 0.0989. The number of fused-ring (bicyclic) bond motifs is 1. The molecule has 1 aliphatic carbocycles. The Hall–Kier alpha value is -2.45. The molecule has 1 nitrogen and oxygen atoms in total. The van der Waals surface area contributed by atoms with Crippen LogP contribution in [0.25, 0.3) is 11.1 Å². The van der Waals surface area contributed by atoms with Gasteiger partial charge < -0.3 is 0 Å². The van der Waals surface area contributed by atoms with Crippen LogP contribution in [0.3, 0.4) is 0 Å². The molecule has 3 aromatic rings. The molecule has 110 valence electrons. The topological polar surface area (TPSA) is 17.1 Å². The van der Waals surface area contributed by atoms with Gasteiger partial charge in [-0.25, -0.2) is 0 Å². The Morgan fingerprint density at radius 2 is 1.26 bits per heavy atom. The molecule has 1 aliphatic rings. The van der Waals surface area contributed by atoms with E-state index >= 15 is 0 Å². The van der Waals surface area contributed by atoms with Gasteiger partial charge in [0.1, 0.15) is 0 Å². The van der Waals surface area contributed by atoms with Crippen molar-refractivity contribution in [2.45, 2.75) is 0 Å². The number of ketones is 1. The van der Waals surface area contributed by atoms with Crippen LogP contribution in [0.15, 0.2) is 83.3 Å². The summed E-state index contributed by atoms with van der Waals surface area (Å²) in [5, 5.41) is 0. The van der Waals surface area contributed by atoms with E-state index in [1.54, 1.807) is 0 Å². The molecule has 0 spiro atoms. The Balaban J connectivity index is 2.05. The van der Waals surface area contributed by atoms with Crippen molar-refractivity contribution in [2.75, 3.05) is 0 Å². The first-order valence-corrected chi connectivity index (χ1v) is 8.25. The Morgan fingerprint density at radius 3 is 2.00 bits per heavy atom. The first-order valence-electron chi connectivity index (χ1n) is 7.45. The minimum atomic E-state index is 0.0989. The second kappa shape index (κ2) is 5.64. The lowest BCUT2D eigenvalue weighted by atomic mass is 9.94. The predicted octanol–water partition coefficient (Wildman–Crippen LogP) is 5.60. The maximum Gasteiger partial charge on any atom is 0.194 e. The fourth-order valence-electron chi connectivity index (χ4n) is 3.11. The molecule has 3 aromatic carbocycles. The monoisotopic (exact) mass is 360 g/mol. The van der Waals surface area contributed by atoms with Crippen LogP contribution in [0, 0.1) is 0 Å². The molecule has 0 radical (unpaired) electrons. The van der Waals surface area contributed by atoms with Gasteiger partial charge in [0.2, 0.25) is 0 Å². The lowest BCUT2D eigenvalue weighted by Crippen LogP contribution is -1.98. The molecule has 0 fully saturated rings. The van der Waals surface area contributed by atoms with Crippen LogP contribution in [-0.2, 0) is 0 Å². The van der Waals surface area contributed by atoms with Gasteiger partial charge in [0.05, 0.1) is 0 Å². The van der Waals surface area contributed by atoms with Gasteiger partial charge in [-0.05, 0) is 28.8 Å². The number of hydrogen-bond donors (Lipinski definition) is 0. The van der Waals surface area contributed by atoms with E-state index in [0.29, 0.717) is 0 Å². The summed E-state index contributed by atoms with van der Waals surface area (Å²) in [6, 6.07) is 25.9. The second-order valence-corrected chi connectivity index (χ2v) is 6.42. The molecule has 0 N–H and O–H groups in total. The summed E-state index contributed by atoms with van der Waals surface area (Å²) in [6.07, 6.45) is 0. The van der Waals surface area contributed by atoms with E-state index in [2.05, 4.69) is 28.1 Å². The number of allylic oxidation sites excluding steroid dienone is 1. The Labute approximate surface area is 143 Å². The fraction of sp³-hybridized carbons (Fsp3) is 0. The van der Waals surface area contributed by atoms with E-state index in [0.717, 1.165) is 37.9 Å². The molecule has 2 heteroatoms. The third-order valence-corrected chi connectivity index (χ3v) is 4.59. The van der Waals surface area contributed by atoms with E-state index in [9.17, 15) is 4.79 Å². The van der Waals surface area contributed by atoms with Gasteiger partial charge in [0, 0.05) is 21.2 Å². The van der Waals surface area contributed by atoms with Crippen LogP contribution in [-0.4, -0.2) is 5.78 Å². The Morgan fingerprint density at radius 1 is 0.609 bits per heavy atom. The lowest BCUT2D eigenvalue weighted by molar-refractivity contribution is 0.105. The van der Waals surface area contributed by atoms with Gasteiger partial charge in [0.25, 0.3) is 0 Å². The molecule has 4 rings (SSSR count). The van der Waals surface area contributed by atoms with Crippen LogP contribution in [0.1, 0.15) is 27.0 Å². The average molecular weight is 361 g/mol. The molecule has 23 heavy (non-hydrogen) atoms. The number of halogens is 1. The van der Waals surface area contributed by atoms with E-state index in [1.165, 1.54) is 0 Å². The maximum atomic E-state index is 13.0. The molecule has 0 heterocycles. The highest BCUT2D eigenvalue weighted by molar-refractivity contribution is 9.10. The number of carbonyl (C=O) groups excluding carboxylic acids is 1. The average Bonchev–Trinajstić information content (AvgIpc) is 2.89. The zero-order valence-corrected chi connectivity index (χ0v) is 13.9. The molecule has 0 unspecified atom stereocenters. The largest absolute Gasteiger partial charge is 0.289 e. The van der Waals surface area contributed by atoms with Crippen LogP contribution < -0.4 is 0 Å². The molecule has 0 aromatic heterocycles. The zero-order valence-electron chi connectivity index (χ0n) is 12.3. The highest BCUT2D eigenvalue weighted by atomic mass is 79.9. The van der Waals surface area contributed by atoms with Crippen LogP contribution in [0.2, 0.25) is 0 Å². The lowest BCUT2D eigenvalue weighted by Gasteiger charge is -2.09. The van der Waals surface area contributed by atoms with Crippen LogP contribution >= 0.6 is 15.9 Å². The standard InChI is InChI=1S/C21H13BrO/c22-16-10-6-9-15(13-16)19-17-11-4-5-12-18(17)21(23)20(19)14-7-2-1-3-8-14/h1-13H. The van der Waals surface area contributed by atoms with Gasteiger partial charge in [0.15, 0.2) is 5.78 Å². The molecule has 0 atom stereocenters. The van der Waals surface area contributed by atoms with Gasteiger partial charge in [-0.2, -0.15) is 0 Å². The summed E-state index contributed by atoms with van der Waals surface area (Å²) in [5.74, 6) is 0.0989. The quantitative estimate of drug-likeness (QED) is 0.580. The smallest absolute Gasteiger partial charge is 0.194 e. The van der Waals surface area contributed by atoms with E-state index < -0.39 is 0 Å². The number of Topliss-reactive ketones (excluding diaryl/α,β-unsaturated/α-hetero) is 1. The zero-order chi connectivity index (χ0) is 15.8. The molecule has 0 aliphatic heterocycles. The molecular formula is C21H13BrO. The van der Waals surface area contributed by atoms with Crippen molar-refractivity contribution in [3.8, 4) is 0 Å². The molecule has 0 amide bonds. The molecule has 0 saturated heterocycles. The van der Waals surface area contributed by atoms with Crippen molar-refractivity contribution in [3.63, 3.8) is 0 Å². The third kappa shape index (κ3) is 2.36. The summed E-state index contributed by atoms with van der Waals surface area (Å²) in [7, 11) is 0. The van der Waals surface area contributed by atoms with Crippen LogP contribution in [0.4, 0.5) is 0 Å². The summed E-state index contributed by atoms with van der Waals surface area (Å²) in [5.41, 5.74) is 5.60. The van der Waals surface area contributed by atoms with Crippen molar-refractivity contribution in [1.29, 1.82) is 0 Å². The van der Waals surface area contributed by atoms with E-state index in [1.807, 2.05) is 66.7 Å².